The molecule has 9 nitrogen and oxygen atoms in total. The van der Waals surface area contributed by atoms with Crippen molar-refractivity contribution < 1.29 is 4.92 Å². The molecule has 0 radical (unpaired) electrons. The van der Waals surface area contributed by atoms with E-state index in [1.807, 2.05) is 24.3 Å². The molecular weight excluding hydrogens is 414 g/mol. The van der Waals surface area contributed by atoms with Gasteiger partial charge in [-0.15, -0.1) is 10.2 Å². The van der Waals surface area contributed by atoms with Crippen LogP contribution in [0.3, 0.4) is 0 Å². The summed E-state index contributed by atoms with van der Waals surface area (Å²) in [4.78, 5) is 10.3. The number of nitrogens with two attached hydrogens (primary N) is 1. The van der Waals surface area contributed by atoms with E-state index in [0.29, 0.717) is 21.8 Å². The van der Waals surface area contributed by atoms with E-state index >= 15 is 0 Å². The Bertz CT molecular complexity index is 1010. The summed E-state index contributed by atoms with van der Waals surface area (Å²) in [6, 6.07) is 14.2. The Hall–Kier alpha value is -2.66. The molecule has 1 saturated heterocycles. The lowest BCUT2D eigenvalue weighted by Crippen LogP contribution is -2.29. The molecule has 0 spiro atoms. The van der Waals surface area contributed by atoms with E-state index in [1.54, 1.807) is 12.1 Å². The first kappa shape index (κ1) is 19.6. The fourth-order valence-corrected chi connectivity index (χ4v) is 4.07. The van der Waals surface area contributed by atoms with Gasteiger partial charge in [0.15, 0.2) is 5.82 Å². The first-order valence-electron chi connectivity index (χ1n) is 8.84. The van der Waals surface area contributed by atoms with Crippen molar-refractivity contribution in [3.8, 4) is 0 Å². The number of thioether (sulfide) groups is 1. The summed E-state index contributed by atoms with van der Waals surface area (Å²) in [5, 5.41) is 20.5. The predicted molar refractivity (Wildman–Crippen MR) is 111 cm³/mol. The van der Waals surface area contributed by atoms with Crippen LogP contribution in [0.5, 0.6) is 0 Å². The molecule has 0 amide bonds. The number of nitrogens with one attached hydrogen (secondary N) is 2. The molecule has 2 aromatic carbocycles. The first-order chi connectivity index (χ1) is 14.0. The van der Waals surface area contributed by atoms with Crippen molar-refractivity contribution in [2.45, 2.75) is 29.4 Å². The molecule has 0 bridgehead atoms. The average Bonchev–Trinajstić information content (AvgIpc) is 3.34. The molecule has 29 heavy (non-hydrogen) atoms. The number of hydrogen-bond donors (Lipinski definition) is 3. The maximum absolute atomic E-state index is 10.7. The minimum Gasteiger partial charge on any atom is -0.335 e. The van der Waals surface area contributed by atoms with Crippen molar-refractivity contribution >= 4 is 29.1 Å². The highest BCUT2D eigenvalue weighted by atomic mass is 35.5. The number of nitrogen functional groups attached to an aromatic ring is 1. The molecule has 2 heterocycles. The van der Waals surface area contributed by atoms with Crippen LogP contribution in [0.1, 0.15) is 35.5 Å². The van der Waals surface area contributed by atoms with Crippen molar-refractivity contribution in [1.29, 1.82) is 0 Å². The molecule has 1 aromatic heterocycles. The van der Waals surface area contributed by atoms with Crippen LogP contribution < -0.4 is 16.7 Å². The Kier molecular flexibility index (Phi) is 5.67. The number of hydrazine groups is 1. The molecule has 2 atom stereocenters. The molecule has 1 fully saturated rings. The van der Waals surface area contributed by atoms with E-state index in [2.05, 4.69) is 21.0 Å². The van der Waals surface area contributed by atoms with Crippen LogP contribution in [0.4, 0.5) is 5.69 Å². The van der Waals surface area contributed by atoms with Gasteiger partial charge in [0.25, 0.3) is 5.69 Å². The summed E-state index contributed by atoms with van der Waals surface area (Å²) >= 11 is 7.38. The number of nitro benzene ring substituents is 1. The Balaban J connectivity index is 1.39. The third-order valence-electron chi connectivity index (χ3n) is 4.69. The fourth-order valence-electron chi connectivity index (χ4n) is 3.13. The number of hydrogen-bond acceptors (Lipinski definition) is 8. The van der Waals surface area contributed by atoms with Crippen molar-refractivity contribution in [2.24, 2.45) is 0 Å². The Morgan fingerprint density at radius 3 is 2.52 bits per heavy atom. The minimum absolute atomic E-state index is 0.0677. The fraction of sp³-hybridized carbons (Fsp3) is 0.222. The third-order valence-corrected chi connectivity index (χ3v) is 5.96. The van der Waals surface area contributed by atoms with Crippen LogP contribution in [-0.2, 0) is 5.75 Å². The van der Waals surface area contributed by atoms with Crippen molar-refractivity contribution in [2.75, 3.05) is 5.84 Å². The summed E-state index contributed by atoms with van der Waals surface area (Å²) < 4.78 is 1.49. The second kappa shape index (κ2) is 8.37. The van der Waals surface area contributed by atoms with Gasteiger partial charge < -0.3 is 5.84 Å². The average molecular weight is 432 g/mol. The summed E-state index contributed by atoms with van der Waals surface area (Å²) in [6.45, 7) is 0. The number of halogens is 1. The van der Waals surface area contributed by atoms with E-state index in [1.165, 1.54) is 28.6 Å². The zero-order valence-corrected chi connectivity index (χ0v) is 16.7. The molecule has 150 valence electrons. The van der Waals surface area contributed by atoms with Gasteiger partial charge in [-0.05, 0) is 29.7 Å². The van der Waals surface area contributed by atoms with Gasteiger partial charge in [0.2, 0.25) is 5.16 Å². The topological polar surface area (TPSA) is 124 Å². The Labute approximate surface area is 175 Å². The molecule has 3 aromatic rings. The second-order valence-corrected chi connectivity index (χ2v) is 7.98. The van der Waals surface area contributed by atoms with Gasteiger partial charge in [-0.3, -0.25) is 10.1 Å². The highest BCUT2D eigenvalue weighted by Gasteiger charge is 2.30. The normalized spacial score (nSPS) is 18.8. The number of nitrogens with zero attached hydrogens (tertiary/aromatic N) is 4. The van der Waals surface area contributed by atoms with Crippen LogP contribution in [0.15, 0.2) is 53.7 Å². The molecule has 4 N–H and O–H groups in total. The maximum atomic E-state index is 10.7. The van der Waals surface area contributed by atoms with E-state index < -0.39 is 4.92 Å². The monoisotopic (exact) mass is 431 g/mol. The van der Waals surface area contributed by atoms with Crippen LogP contribution >= 0.6 is 23.4 Å². The first-order valence-corrected chi connectivity index (χ1v) is 10.2. The standard InChI is InChI=1S/C18H18ClN7O2S/c19-13-5-3-12(4-6-13)15-9-16(22-21-15)17-23-24-18(25(17)20)29-10-11-1-7-14(8-2-11)26(27)28/h1-8,15-16,21-22H,9-10,20H2. The lowest BCUT2D eigenvalue weighted by Gasteiger charge is -2.10. The molecular formula is C18H18ClN7O2S. The molecule has 4 rings (SSSR count). The van der Waals surface area contributed by atoms with Gasteiger partial charge in [-0.25, -0.2) is 15.5 Å². The minimum atomic E-state index is -0.417. The van der Waals surface area contributed by atoms with E-state index in [9.17, 15) is 10.1 Å². The maximum Gasteiger partial charge on any atom is 0.269 e. The van der Waals surface area contributed by atoms with Crippen molar-refractivity contribution in [3.63, 3.8) is 0 Å². The highest BCUT2D eigenvalue weighted by molar-refractivity contribution is 7.98. The van der Waals surface area contributed by atoms with Crippen molar-refractivity contribution in [1.82, 2.24) is 25.7 Å². The molecule has 1 aliphatic rings. The van der Waals surface area contributed by atoms with Gasteiger partial charge in [0.1, 0.15) is 0 Å². The van der Waals surface area contributed by atoms with Gasteiger partial charge in [0.05, 0.1) is 11.0 Å². The van der Waals surface area contributed by atoms with E-state index in [0.717, 1.165) is 17.5 Å². The molecule has 0 saturated carbocycles. The summed E-state index contributed by atoms with van der Waals surface area (Å²) in [6.07, 6.45) is 0.768. The largest absolute Gasteiger partial charge is 0.335 e. The summed E-state index contributed by atoms with van der Waals surface area (Å²) in [7, 11) is 0. The van der Waals surface area contributed by atoms with Crippen LogP contribution in [-0.4, -0.2) is 19.8 Å². The van der Waals surface area contributed by atoms with Gasteiger partial charge in [-0.1, -0.05) is 47.6 Å². The number of benzene rings is 2. The lowest BCUT2D eigenvalue weighted by molar-refractivity contribution is -0.384. The molecule has 0 aliphatic carbocycles. The van der Waals surface area contributed by atoms with Crippen LogP contribution in [0.2, 0.25) is 5.02 Å². The zero-order valence-electron chi connectivity index (χ0n) is 15.2. The molecule has 11 heteroatoms. The lowest BCUT2D eigenvalue weighted by atomic mass is 10.0. The third kappa shape index (κ3) is 4.35. The van der Waals surface area contributed by atoms with E-state index in [-0.39, 0.29) is 17.8 Å². The highest BCUT2D eigenvalue weighted by Crippen LogP contribution is 2.31. The Morgan fingerprint density at radius 1 is 1.14 bits per heavy atom. The van der Waals surface area contributed by atoms with Crippen LogP contribution in [0.25, 0.3) is 0 Å². The quantitative estimate of drug-likeness (QED) is 0.235. The summed E-state index contributed by atoms with van der Waals surface area (Å²) in [5.74, 6) is 7.43. The molecule has 2 unspecified atom stereocenters. The molecule has 1 aliphatic heterocycles. The van der Waals surface area contributed by atoms with Gasteiger partial charge in [-0.2, -0.15) is 0 Å². The van der Waals surface area contributed by atoms with Crippen molar-refractivity contribution in [3.05, 3.63) is 80.6 Å². The van der Waals surface area contributed by atoms with Gasteiger partial charge in [0, 0.05) is 29.0 Å². The number of aromatic nitrogens is 3. The Morgan fingerprint density at radius 2 is 1.83 bits per heavy atom. The van der Waals surface area contributed by atoms with Crippen LogP contribution in [0, 0.1) is 10.1 Å². The SMILES string of the molecule is Nn1c(SCc2ccc([N+](=O)[O-])cc2)nnc1C1CC(c2ccc(Cl)cc2)NN1. The number of non-ortho nitro benzene ring substituents is 1. The smallest absolute Gasteiger partial charge is 0.269 e. The summed E-state index contributed by atoms with van der Waals surface area (Å²) in [5.41, 5.74) is 8.61. The predicted octanol–water partition coefficient (Wildman–Crippen LogP) is 3.13. The zero-order chi connectivity index (χ0) is 20.4. The number of nitro groups is 1. The number of rotatable bonds is 6. The van der Waals surface area contributed by atoms with E-state index in [4.69, 9.17) is 17.4 Å². The van der Waals surface area contributed by atoms with Gasteiger partial charge >= 0.3 is 0 Å². The second-order valence-electron chi connectivity index (χ2n) is 6.60.